The predicted octanol–water partition coefficient (Wildman–Crippen LogP) is 4.08. The minimum atomic E-state index is -0.715. The number of aromatic nitrogens is 3. The summed E-state index contributed by atoms with van der Waals surface area (Å²) in [5.74, 6) is 0.742. The summed E-state index contributed by atoms with van der Waals surface area (Å²) in [4.78, 5) is 28.2. The first-order valence-electron chi connectivity index (χ1n) is 10.1. The molecule has 8 heteroatoms. The van der Waals surface area contributed by atoms with Crippen molar-refractivity contribution in [1.29, 1.82) is 5.26 Å². The number of pyridine rings is 3. The van der Waals surface area contributed by atoms with E-state index in [9.17, 15) is 10.1 Å². The highest BCUT2D eigenvalue weighted by molar-refractivity contribution is 6.10. The van der Waals surface area contributed by atoms with E-state index in [2.05, 4.69) is 16.0 Å². The van der Waals surface area contributed by atoms with Crippen molar-refractivity contribution in [1.82, 2.24) is 15.0 Å². The molecule has 1 atom stereocenters. The number of ether oxygens (including phenoxy) is 2. The second kappa shape index (κ2) is 7.93. The van der Waals surface area contributed by atoms with Gasteiger partial charge in [0.25, 0.3) is 11.8 Å². The zero-order valence-electron chi connectivity index (χ0n) is 18.6. The van der Waals surface area contributed by atoms with Gasteiger partial charge in [-0.05, 0) is 50.6 Å². The van der Waals surface area contributed by atoms with Crippen LogP contribution in [0.4, 0.5) is 5.69 Å². The fourth-order valence-corrected chi connectivity index (χ4v) is 3.74. The lowest BCUT2D eigenvalue weighted by atomic mass is 9.87. The average molecular weight is 429 g/mol. The molecule has 0 N–H and O–H groups in total. The largest absolute Gasteiger partial charge is 0.491 e. The van der Waals surface area contributed by atoms with Crippen LogP contribution in [0.1, 0.15) is 48.4 Å². The summed E-state index contributed by atoms with van der Waals surface area (Å²) in [6.45, 7) is 5.57. The van der Waals surface area contributed by atoms with E-state index < -0.39 is 5.41 Å². The number of amides is 1. The van der Waals surface area contributed by atoms with Crippen LogP contribution in [0.25, 0.3) is 11.3 Å². The minimum absolute atomic E-state index is 0.147. The van der Waals surface area contributed by atoms with Crippen molar-refractivity contribution in [3.8, 4) is 29.0 Å². The van der Waals surface area contributed by atoms with Gasteiger partial charge in [-0.2, -0.15) is 5.26 Å². The predicted molar refractivity (Wildman–Crippen MR) is 119 cm³/mol. The summed E-state index contributed by atoms with van der Waals surface area (Å²) in [7, 11) is 3.08. The molecule has 0 aliphatic carbocycles. The van der Waals surface area contributed by atoms with E-state index in [1.165, 1.54) is 7.11 Å². The van der Waals surface area contributed by atoms with Crippen molar-refractivity contribution < 1.29 is 14.3 Å². The molecule has 0 saturated carbocycles. The van der Waals surface area contributed by atoms with Crippen LogP contribution < -0.4 is 14.4 Å². The molecule has 0 radical (unpaired) electrons. The number of fused-ring (bicyclic) bond motifs is 1. The van der Waals surface area contributed by atoms with Crippen LogP contribution in [0.2, 0.25) is 0 Å². The maximum atomic E-state index is 13.2. The van der Waals surface area contributed by atoms with E-state index in [4.69, 9.17) is 14.5 Å². The molecular weight excluding hydrogens is 406 g/mol. The molecule has 4 rings (SSSR count). The number of nitriles is 1. The van der Waals surface area contributed by atoms with Crippen LogP contribution in [-0.4, -0.2) is 35.1 Å². The van der Waals surface area contributed by atoms with Crippen LogP contribution in [0.15, 0.2) is 42.9 Å². The van der Waals surface area contributed by atoms with E-state index >= 15 is 0 Å². The molecular formula is C24H23N5O3. The average Bonchev–Trinajstić information content (AvgIpc) is 3.07. The first kappa shape index (κ1) is 21.2. The highest BCUT2D eigenvalue weighted by atomic mass is 16.5. The molecule has 1 unspecified atom stereocenters. The Hall–Kier alpha value is -3.99. The van der Waals surface area contributed by atoms with Gasteiger partial charge < -0.3 is 9.47 Å². The van der Waals surface area contributed by atoms with Crippen LogP contribution in [-0.2, 0) is 5.41 Å². The molecule has 1 aliphatic heterocycles. The second-order valence-corrected chi connectivity index (χ2v) is 8.08. The number of nitrogens with zero attached hydrogens (tertiary/aromatic N) is 5. The molecule has 0 spiro atoms. The van der Waals surface area contributed by atoms with Crippen LogP contribution >= 0.6 is 0 Å². The lowest BCUT2D eigenvalue weighted by molar-refractivity contribution is 0.0992. The molecule has 1 amide bonds. The summed E-state index contributed by atoms with van der Waals surface area (Å²) in [6, 6.07) is 9.20. The molecule has 8 nitrogen and oxygen atoms in total. The van der Waals surface area contributed by atoms with Gasteiger partial charge in [0.1, 0.15) is 0 Å². The molecule has 4 heterocycles. The maximum Gasteiger partial charge on any atom is 0.260 e. The number of methoxy groups -OCH3 is 2. The molecule has 0 bridgehead atoms. The van der Waals surface area contributed by atoms with Crippen molar-refractivity contribution >= 4 is 11.6 Å². The maximum absolute atomic E-state index is 13.2. The number of carbonyl (C=O) groups is 1. The zero-order valence-corrected chi connectivity index (χ0v) is 18.6. The van der Waals surface area contributed by atoms with E-state index in [-0.39, 0.29) is 11.9 Å². The molecule has 1 aliphatic rings. The first-order valence-corrected chi connectivity index (χ1v) is 10.1. The third kappa shape index (κ3) is 3.42. The van der Waals surface area contributed by atoms with Crippen LogP contribution in [0.5, 0.6) is 11.6 Å². The van der Waals surface area contributed by atoms with Gasteiger partial charge in [0.2, 0.25) is 0 Å². The quantitative estimate of drug-likeness (QED) is 0.602. The third-order valence-corrected chi connectivity index (χ3v) is 5.69. The molecule has 0 aromatic carbocycles. The van der Waals surface area contributed by atoms with Gasteiger partial charge in [-0.15, -0.1) is 0 Å². The van der Waals surface area contributed by atoms with Gasteiger partial charge >= 0.3 is 0 Å². The normalized spacial score (nSPS) is 15.3. The van der Waals surface area contributed by atoms with Gasteiger partial charge in [0.05, 0.1) is 60.6 Å². The van der Waals surface area contributed by atoms with Crippen molar-refractivity contribution in [3.63, 3.8) is 0 Å². The van der Waals surface area contributed by atoms with E-state index in [1.54, 1.807) is 48.8 Å². The molecule has 32 heavy (non-hydrogen) atoms. The Morgan fingerprint density at radius 3 is 2.59 bits per heavy atom. The van der Waals surface area contributed by atoms with E-state index in [0.29, 0.717) is 34.3 Å². The number of carbonyl (C=O) groups excluding carboxylic acids is 1. The zero-order chi connectivity index (χ0) is 23.0. The number of anilines is 1. The Balaban J connectivity index is 1.72. The van der Waals surface area contributed by atoms with Crippen molar-refractivity contribution in [3.05, 3.63) is 59.7 Å². The number of rotatable bonds is 5. The highest BCUT2D eigenvalue weighted by Gasteiger charge is 2.37. The fraction of sp³-hybridized carbons (Fsp3) is 0.292. The number of hydrogen-bond acceptors (Lipinski definition) is 7. The lowest BCUT2D eigenvalue weighted by Crippen LogP contribution is -2.27. The molecule has 3 aromatic rings. The van der Waals surface area contributed by atoms with E-state index in [1.807, 2.05) is 26.8 Å². The fourth-order valence-electron chi connectivity index (χ4n) is 3.74. The summed E-state index contributed by atoms with van der Waals surface area (Å²) in [5, 5.41) is 9.47. The Morgan fingerprint density at radius 1 is 1.12 bits per heavy atom. The Labute approximate surface area is 186 Å². The molecule has 0 saturated heterocycles. The molecule has 3 aromatic heterocycles. The molecule has 162 valence electrons. The minimum Gasteiger partial charge on any atom is -0.491 e. The Morgan fingerprint density at radius 2 is 1.91 bits per heavy atom. The standard InChI is InChI=1S/C24H23N5O3/c1-14-21-18(6-7-19(28-21)15-8-20(31-4)22(32-5)27-10-15)23(30)29(14)17-9-16(11-26-12-17)24(2,3)13-25/h6-12,14H,1-5H3. The SMILES string of the molecule is COc1cc(-c2ccc3c(n2)C(C)N(c2cncc(C(C)(C)C#N)c2)C3=O)cnc1OC. The van der Waals surface area contributed by atoms with Gasteiger partial charge in [0.15, 0.2) is 5.75 Å². The Kier molecular flexibility index (Phi) is 5.26. The van der Waals surface area contributed by atoms with Crippen molar-refractivity contribution in [2.24, 2.45) is 0 Å². The number of hydrogen-bond donors (Lipinski definition) is 0. The van der Waals surface area contributed by atoms with Crippen molar-refractivity contribution in [2.75, 3.05) is 19.1 Å². The highest BCUT2D eigenvalue weighted by Crippen LogP contribution is 2.38. The van der Waals surface area contributed by atoms with Gasteiger partial charge in [-0.25, -0.2) is 9.97 Å². The summed E-state index contributed by atoms with van der Waals surface area (Å²) in [5.41, 5.74) is 3.31. The monoisotopic (exact) mass is 429 g/mol. The van der Waals surface area contributed by atoms with Crippen LogP contribution in [0.3, 0.4) is 0 Å². The smallest absolute Gasteiger partial charge is 0.260 e. The van der Waals surface area contributed by atoms with Crippen LogP contribution in [0, 0.1) is 11.3 Å². The van der Waals surface area contributed by atoms with E-state index in [0.717, 1.165) is 11.1 Å². The van der Waals surface area contributed by atoms with Gasteiger partial charge in [0, 0.05) is 18.0 Å². The summed E-state index contributed by atoms with van der Waals surface area (Å²) < 4.78 is 10.5. The third-order valence-electron chi connectivity index (χ3n) is 5.69. The lowest BCUT2D eigenvalue weighted by Gasteiger charge is -2.23. The molecule has 0 fully saturated rings. The summed E-state index contributed by atoms with van der Waals surface area (Å²) >= 11 is 0. The van der Waals surface area contributed by atoms with Gasteiger partial charge in [-0.1, -0.05) is 0 Å². The summed E-state index contributed by atoms with van der Waals surface area (Å²) in [6.07, 6.45) is 4.95. The topological polar surface area (TPSA) is 101 Å². The van der Waals surface area contributed by atoms with Crippen molar-refractivity contribution in [2.45, 2.75) is 32.2 Å². The second-order valence-electron chi connectivity index (χ2n) is 8.08. The van der Waals surface area contributed by atoms with Gasteiger partial charge in [-0.3, -0.25) is 14.7 Å². The Bertz CT molecular complexity index is 1250. The first-order chi connectivity index (χ1) is 15.3.